The highest BCUT2D eigenvalue weighted by Crippen LogP contribution is 2.26. The van der Waals surface area contributed by atoms with Gasteiger partial charge in [-0.05, 0) is 56.3 Å². The Morgan fingerprint density at radius 3 is 2.43 bits per heavy atom. The zero-order valence-corrected chi connectivity index (χ0v) is 17.0. The third-order valence-electron chi connectivity index (χ3n) is 4.26. The van der Waals surface area contributed by atoms with E-state index in [0.29, 0.717) is 21.5 Å². The van der Waals surface area contributed by atoms with Crippen LogP contribution in [0.15, 0.2) is 60.7 Å². The number of nitrogens with one attached hydrogen (secondary N) is 2. The van der Waals surface area contributed by atoms with Crippen molar-refractivity contribution in [3.63, 3.8) is 0 Å². The Hall–Kier alpha value is -2.96. The van der Waals surface area contributed by atoms with Crippen molar-refractivity contribution in [1.29, 1.82) is 0 Å². The highest BCUT2D eigenvalue weighted by molar-refractivity contribution is 7.81. The average Bonchev–Trinajstić information content (AvgIpc) is 3.02. The number of aryl methyl sites for hydroxylation is 2. The number of fused-ring (bicyclic) bond motifs is 1. The molecule has 4 rings (SSSR count). The van der Waals surface area contributed by atoms with Gasteiger partial charge in [-0.2, -0.15) is 0 Å². The number of rotatable bonds is 4. The molecular formula is C21H18ClN5S. The van der Waals surface area contributed by atoms with Crippen LogP contribution in [0.2, 0.25) is 5.02 Å². The first-order valence-corrected chi connectivity index (χ1v) is 9.56. The molecule has 140 valence electrons. The number of hydrogen-bond donors (Lipinski definition) is 2. The van der Waals surface area contributed by atoms with E-state index in [1.165, 1.54) is 0 Å². The van der Waals surface area contributed by atoms with Crippen LogP contribution >= 0.6 is 23.8 Å². The zero-order chi connectivity index (χ0) is 19.7. The third-order valence-corrected chi connectivity index (χ3v) is 4.82. The second kappa shape index (κ2) is 7.58. The summed E-state index contributed by atoms with van der Waals surface area (Å²) >= 11 is 11.7. The van der Waals surface area contributed by atoms with E-state index >= 15 is 0 Å². The number of aromatic nitrogens is 3. The van der Waals surface area contributed by atoms with Crippen LogP contribution in [0.4, 0.5) is 17.2 Å². The summed E-state index contributed by atoms with van der Waals surface area (Å²) in [7, 11) is 0. The first-order chi connectivity index (χ1) is 13.5. The summed E-state index contributed by atoms with van der Waals surface area (Å²) in [6.45, 7) is 3.96. The van der Waals surface area contributed by atoms with Crippen molar-refractivity contribution in [2.24, 2.45) is 0 Å². The molecule has 0 saturated heterocycles. The van der Waals surface area contributed by atoms with Gasteiger partial charge >= 0.3 is 0 Å². The molecule has 5 nitrogen and oxygen atoms in total. The molecule has 7 heteroatoms. The summed E-state index contributed by atoms with van der Waals surface area (Å²) in [5.41, 5.74) is 5.13. The van der Waals surface area contributed by atoms with Gasteiger partial charge in [-0.1, -0.05) is 42.0 Å². The maximum absolute atomic E-state index is 5.98. The monoisotopic (exact) mass is 407 g/mol. The van der Waals surface area contributed by atoms with Gasteiger partial charge in [-0.3, -0.25) is 0 Å². The van der Waals surface area contributed by atoms with Crippen molar-refractivity contribution in [1.82, 2.24) is 14.6 Å². The first kappa shape index (κ1) is 18.4. The van der Waals surface area contributed by atoms with Crippen LogP contribution in [-0.4, -0.2) is 19.6 Å². The summed E-state index contributed by atoms with van der Waals surface area (Å²) < 4.78 is 1.81. The largest absolute Gasteiger partial charge is 0.346 e. The topological polar surface area (TPSA) is 54.2 Å². The van der Waals surface area contributed by atoms with Crippen molar-refractivity contribution in [2.45, 2.75) is 13.8 Å². The summed E-state index contributed by atoms with van der Waals surface area (Å²) in [6, 6.07) is 19.3. The van der Waals surface area contributed by atoms with Crippen LogP contribution in [0.5, 0.6) is 0 Å². The Morgan fingerprint density at radius 1 is 1.00 bits per heavy atom. The molecular weight excluding hydrogens is 390 g/mol. The highest BCUT2D eigenvalue weighted by atomic mass is 35.5. The minimum atomic E-state index is 0.535. The van der Waals surface area contributed by atoms with E-state index in [-0.39, 0.29) is 0 Å². The fourth-order valence-electron chi connectivity index (χ4n) is 3.00. The van der Waals surface area contributed by atoms with Crippen LogP contribution in [-0.2, 0) is 0 Å². The number of benzene rings is 2. The molecule has 0 bridgehead atoms. The number of hydrogen-bond acceptors (Lipinski definition) is 4. The molecule has 4 aromatic rings. The molecule has 28 heavy (non-hydrogen) atoms. The van der Waals surface area contributed by atoms with Gasteiger partial charge in [0.15, 0.2) is 11.5 Å². The molecule has 0 spiro atoms. The molecule has 0 unspecified atom stereocenters. The summed E-state index contributed by atoms with van der Waals surface area (Å²) in [5.74, 6) is 0.652. The molecule has 2 N–H and O–H groups in total. The number of thiocarbonyl (C=S) groups is 1. The Bertz CT molecular complexity index is 1150. The van der Waals surface area contributed by atoms with Crippen LogP contribution in [0.1, 0.15) is 17.0 Å². The lowest BCUT2D eigenvalue weighted by molar-refractivity contribution is 0.889. The molecule has 0 amide bonds. The van der Waals surface area contributed by atoms with Crippen LogP contribution in [0.3, 0.4) is 0 Å². The van der Waals surface area contributed by atoms with Gasteiger partial charge in [-0.25, -0.2) is 9.50 Å². The summed E-state index contributed by atoms with van der Waals surface area (Å²) in [5, 5.41) is 12.0. The van der Waals surface area contributed by atoms with Crippen LogP contribution < -0.4 is 10.6 Å². The van der Waals surface area contributed by atoms with Gasteiger partial charge in [0, 0.05) is 27.8 Å². The molecule has 0 aliphatic heterocycles. The molecule has 0 radical (unpaired) electrons. The van der Waals surface area contributed by atoms with E-state index in [9.17, 15) is 0 Å². The summed E-state index contributed by atoms with van der Waals surface area (Å²) in [4.78, 5) is 5.22. The minimum absolute atomic E-state index is 0.535. The van der Waals surface area contributed by atoms with Gasteiger partial charge in [0.05, 0.1) is 5.56 Å². The van der Waals surface area contributed by atoms with E-state index in [0.717, 1.165) is 28.3 Å². The van der Waals surface area contributed by atoms with E-state index < -0.39 is 0 Å². The SMILES string of the molecule is Cc1cc(C)n2nc(Nc3ccccc3)c(C(=S)Nc3ccc(Cl)cc3)c2n1. The number of halogens is 1. The van der Waals surface area contributed by atoms with Gasteiger partial charge < -0.3 is 10.6 Å². The maximum Gasteiger partial charge on any atom is 0.168 e. The molecule has 2 aromatic carbocycles. The second-order valence-corrected chi connectivity index (χ2v) is 7.29. The standard InChI is InChI=1S/C21H18ClN5S/c1-13-12-14(2)27-20(23-13)18(19(26-27)24-16-6-4-3-5-7-16)21(28)25-17-10-8-15(22)9-11-17/h3-12H,1-2H3,(H,24,26)(H,25,28). The highest BCUT2D eigenvalue weighted by Gasteiger charge is 2.20. The number of para-hydroxylation sites is 1. The van der Waals surface area contributed by atoms with Gasteiger partial charge in [0.25, 0.3) is 0 Å². The van der Waals surface area contributed by atoms with Crippen molar-refractivity contribution in [3.8, 4) is 0 Å². The molecule has 0 aliphatic carbocycles. The normalized spacial score (nSPS) is 10.8. The lowest BCUT2D eigenvalue weighted by Crippen LogP contribution is -2.12. The van der Waals surface area contributed by atoms with E-state index in [4.69, 9.17) is 28.9 Å². The Kier molecular flexibility index (Phi) is 4.98. The fraction of sp³-hybridized carbons (Fsp3) is 0.0952. The van der Waals surface area contributed by atoms with Gasteiger partial charge in [0.1, 0.15) is 4.99 Å². The van der Waals surface area contributed by atoms with Crippen LogP contribution in [0.25, 0.3) is 5.65 Å². The van der Waals surface area contributed by atoms with Crippen molar-refractivity contribution >= 4 is 51.6 Å². The third kappa shape index (κ3) is 3.69. The molecule has 2 aromatic heterocycles. The van der Waals surface area contributed by atoms with Crippen LogP contribution in [0, 0.1) is 13.8 Å². The average molecular weight is 408 g/mol. The predicted molar refractivity (Wildman–Crippen MR) is 119 cm³/mol. The lowest BCUT2D eigenvalue weighted by Gasteiger charge is -2.10. The fourth-order valence-corrected chi connectivity index (χ4v) is 3.43. The van der Waals surface area contributed by atoms with Crippen molar-refractivity contribution < 1.29 is 0 Å². The number of nitrogens with zero attached hydrogens (tertiary/aromatic N) is 3. The Labute approximate surface area is 173 Å². The zero-order valence-electron chi connectivity index (χ0n) is 15.4. The predicted octanol–water partition coefficient (Wildman–Crippen LogP) is 5.53. The van der Waals surface area contributed by atoms with Gasteiger partial charge in [-0.15, -0.1) is 5.10 Å². The molecule has 0 saturated carbocycles. The van der Waals surface area contributed by atoms with E-state index in [2.05, 4.69) is 15.6 Å². The molecule has 2 heterocycles. The maximum atomic E-state index is 5.98. The van der Waals surface area contributed by atoms with Crippen molar-refractivity contribution in [3.05, 3.63) is 82.6 Å². The number of anilines is 3. The summed E-state index contributed by atoms with van der Waals surface area (Å²) in [6.07, 6.45) is 0. The van der Waals surface area contributed by atoms with E-state index in [1.807, 2.05) is 79.0 Å². The van der Waals surface area contributed by atoms with Crippen molar-refractivity contribution in [2.75, 3.05) is 10.6 Å². The second-order valence-electron chi connectivity index (χ2n) is 6.45. The minimum Gasteiger partial charge on any atom is -0.346 e. The first-order valence-electron chi connectivity index (χ1n) is 8.77. The molecule has 0 aliphatic rings. The Morgan fingerprint density at radius 2 is 1.71 bits per heavy atom. The molecule has 0 atom stereocenters. The quantitative estimate of drug-likeness (QED) is 0.435. The van der Waals surface area contributed by atoms with E-state index in [1.54, 1.807) is 0 Å². The molecule has 0 fully saturated rings. The van der Waals surface area contributed by atoms with Gasteiger partial charge in [0.2, 0.25) is 0 Å². The smallest absolute Gasteiger partial charge is 0.168 e. The Balaban J connectivity index is 1.80. The lowest BCUT2D eigenvalue weighted by atomic mass is 10.2.